The molecule has 1 aliphatic carbocycles. The van der Waals surface area contributed by atoms with Gasteiger partial charge in [-0.15, -0.1) is 6.58 Å². The molecule has 0 radical (unpaired) electrons. The zero-order chi connectivity index (χ0) is 24.3. The van der Waals surface area contributed by atoms with Crippen LogP contribution in [0, 0.1) is 11.8 Å². The van der Waals surface area contributed by atoms with E-state index in [9.17, 15) is 4.21 Å². The average molecular weight is 484 g/mol. The van der Waals surface area contributed by atoms with Crippen LogP contribution in [0.1, 0.15) is 54.4 Å². The largest absolute Gasteiger partial charge is 0.407 e. The molecule has 33 heavy (non-hydrogen) atoms. The quantitative estimate of drug-likeness (QED) is 0.373. The molecule has 3 rings (SSSR count). The van der Waals surface area contributed by atoms with E-state index in [1.807, 2.05) is 26.8 Å². The minimum atomic E-state index is -2.49. The molecule has 0 amide bonds. The van der Waals surface area contributed by atoms with Crippen molar-refractivity contribution in [2.45, 2.75) is 70.2 Å². The lowest BCUT2D eigenvalue weighted by atomic mass is 10.1. The van der Waals surface area contributed by atoms with E-state index in [2.05, 4.69) is 92.7 Å². The minimum absolute atomic E-state index is 0.00505. The van der Waals surface area contributed by atoms with Crippen molar-refractivity contribution in [3.8, 4) is 0 Å². The fraction of sp³-hybridized carbons (Fsp3) is 0.500. The SMILES string of the molecule is C=C[C@H](C[C@H]1C[C@@H]1CO[Si](c1ccccc1)(c1ccccc1)C(C)(C)C)N[S@@](=O)C(C)(C)C. The van der Waals surface area contributed by atoms with E-state index in [0.29, 0.717) is 11.8 Å². The molecular formula is C28H41NO2SSi. The van der Waals surface area contributed by atoms with E-state index < -0.39 is 19.3 Å². The Bertz CT molecular complexity index is 894. The molecule has 1 saturated carbocycles. The van der Waals surface area contributed by atoms with Gasteiger partial charge in [0.15, 0.2) is 0 Å². The molecule has 0 bridgehead atoms. The molecule has 4 atom stereocenters. The Morgan fingerprint density at radius 3 is 1.94 bits per heavy atom. The van der Waals surface area contributed by atoms with Gasteiger partial charge in [0.05, 0.1) is 15.7 Å². The zero-order valence-electron chi connectivity index (χ0n) is 21.1. The van der Waals surface area contributed by atoms with Crippen molar-refractivity contribution in [3.05, 3.63) is 73.3 Å². The third kappa shape index (κ3) is 6.13. The topological polar surface area (TPSA) is 38.3 Å². The van der Waals surface area contributed by atoms with Gasteiger partial charge < -0.3 is 4.43 Å². The molecule has 2 aromatic rings. The highest BCUT2D eigenvalue weighted by molar-refractivity contribution is 7.84. The predicted octanol–water partition coefficient (Wildman–Crippen LogP) is 5.20. The third-order valence-corrected chi connectivity index (χ3v) is 13.3. The van der Waals surface area contributed by atoms with Crippen LogP contribution in [0.5, 0.6) is 0 Å². The van der Waals surface area contributed by atoms with Gasteiger partial charge >= 0.3 is 0 Å². The fourth-order valence-electron chi connectivity index (χ4n) is 4.63. The standard InChI is InChI=1S/C28H41NO2SSi/c1-8-24(29-32(30)27(2,3)4)20-22-19-23(22)21-31-33(28(5,6)7,25-15-11-9-12-16-25)26-17-13-10-14-18-26/h8-18,22-24,29H,1,19-21H2,2-7H3/t22-,23-,24-,32+/m1/s1. The normalized spacial score (nSPS) is 20.8. The van der Waals surface area contributed by atoms with Crippen LogP contribution < -0.4 is 15.1 Å². The molecule has 3 nitrogen and oxygen atoms in total. The average Bonchev–Trinajstić information content (AvgIpc) is 3.51. The Hall–Kier alpha value is -1.53. The number of rotatable bonds is 10. The first kappa shape index (κ1) is 26.1. The van der Waals surface area contributed by atoms with Crippen molar-refractivity contribution in [1.82, 2.24) is 4.72 Å². The second-order valence-corrected chi connectivity index (χ2v) is 17.6. The fourth-order valence-corrected chi connectivity index (χ4v) is 10.1. The van der Waals surface area contributed by atoms with Gasteiger partial charge in [-0.2, -0.15) is 0 Å². The van der Waals surface area contributed by atoms with Crippen molar-refractivity contribution in [3.63, 3.8) is 0 Å². The lowest BCUT2D eigenvalue weighted by Gasteiger charge is -2.43. The lowest BCUT2D eigenvalue weighted by molar-refractivity contribution is 0.272. The highest BCUT2D eigenvalue weighted by Crippen LogP contribution is 2.44. The Balaban J connectivity index is 1.76. The monoisotopic (exact) mass is 483 g/mol. The van der Waals surface area contributed by atoms with Gasteiger partial charge in [0.1, 0.15) is 0 Å². The molecule has 1 aliphatic rings. The molecule has 180 valence electrons. The van der Waals surface area contributed by atoms with E-state index in [-0.39, 0.29) is 15.8 Å². The number of hydrogen-bond donors (Lipinski definition) is 1. The number of benzene rings is 2. The highest BCUT2D eigenvalue weighted by atomic mass is 32.2. The van der Waals surface area contributed by atoms with Gasteiger partial charge in [-0.05, 0) is 60.9 Å². The van der Waals surface area contributed by atoms with Crippen molar-refractivity contribution in [2.24, 2.45) is 11.8 Å². The first-order valence-corrected chi connectivity index (χ1v) is 15.1. The summed E-state index contributed by atoms with van der Waals surface area (Å²) in [6.07, 6.45) is 4.02. The van der Waals surface area contributed by atoms with Crippen LogP contribution in [0.3, 0.4) is 0 Å². The Labute approximate surface area is 204 Å². The van der Waals surface area contributed by atoms with E-state index >= 15 is 0 Å². The molecular weight excluding hydrogens is 442 g/mol. The van der Waals surface area contributed by atoms with Gasteiger partial charge in [0, 0.05) is 12.6 Å². The van der Waals surface area contributed by atoms with Gasteiger partial charge in [-0.25, -0.2) is 8.93 Å². The number of nitrogens with one attached hydrogen (secondary N) is 1. The van der Waals surface area contributed by atoms with Gasteiger partial charge in [-0.1, -0.05) is 87.5 Å². The van der Waals surface area contributed by atoms with Crippen LogP contribution in [0.4, 0.5) is 0 Å². The molecule has 0 spiro atoms. The molecule has 5 heteroatoms. The molecule has 0 saturated heterocycles. The molecule has 0 aromatic heterocycles. The predicted molar refractivity (Wildman–Crippen MR) is 145 cm³/mol. The van der Waals surface area contributed by atoms with Crippen molar-refractivity contribution in [1.29, 1.82) is 0 Å². The maximum absolute atomic E-state index is 12.5. The zero-order valence-corrected chi connectivity index (χ0v) is 23.0. The summed E-state index contributed by atoms with van der Waals surface area (Å²) in [6.45, 7) is 17.7. The second kappa shape index (κ2) is 10.4. The van der Waals surface area contributed by atoms with Crippen LogP contribution >= 0.6 is 0 Å². The van der Waals surface area contributed by atoms with Crippen LogP contribution in [0.25, 0.3) is 0 Å². The summed E-state index contributed by atoms with van der Waals surface area (Å²) in [5, 5.41) is 2.65. The van der Waals surface area contributed by atoms with Gasteiger partial charge in [-0.3, -0.25) is 0 Å². The Kier molecular flexibility index (Phi) is 8.21. The van der Waals surface area contributed by atoms with Gasteiger partial charge in [0.25, 0.3) is 8.32 Å². The molecule has 1 N–H and O–H groups in total. The van der Waals surface area contributed by atoms with Crippen molar-refractivity contribution in [2.75, 3.05) is 6.61 Å². The maximum atomic E-state index is 12.5. The Morgan fingerprint density at radius 2 is 1.52 bits per heavy atom. The van der Waals surface area contributed by atoms with Gasteiger partial charge in [0.2, 0.25) is 0 Å². The van der Waals surface area contributed by atoms with E-state index in [4.69, 9.17) is 4.43 Å². The molecule has 0 heterocycles. The lowest BCUT2D eigenvalue weighted by Crippen LogP contribution is -2.66. The molecule has 2 aromatic carbocycles. The smallest absolute Gasteiger partial charge is 0.261 e. The summed E-state index contributed by atoms with van der Waals surface area (Å²) in [5.74, 6) is 1.12. The minimum Gasteiger partial charge on any atom is -0.407 e. The first-order chi connectivity index (χ1) is 15.5. The van der Waals surface area contributed by atoms with Crippen molar-refractivity contribution < 1.29 is 8.63 Å². The Morgan fingerprint density at radius 1 is 1.00 bits per heavy atom. The van der Waals surface area contributed by atoms with E-state index in [1.165, 1.54) is 10.4 Å². The third-order valence-electron chi connectivity index (χ3n) is 6.66. The number of hydrogen-bond acceptors (Lipinski definition) is 2. The van der Waals surface area contributed by atoms with Crippen molar-refractivity contribution >= 4 is 29.7 Å². The van der Waals surface area contributed by atoms with Crippen LogP contribution in [-0.2, 0) is 15.4 Å². The summed E-state index contributed by atoms with van der Waals surface area (Å²) in [6, 6.07) is 21.7. The molecule has 0 aliphatic heterocycles. The second-order valence-electron chi connectivity index (χ2n) is 11.3. The summed E-state index contributed by atoms with van der Waals surface area (Å²) >= 11 is 0. The summed E-state index contributed by atoms with van der Waals surface area (Å²) < 4.78 is 22.6. The van der Waals surface area contributed by atoms with Crippen LogP contribution in [0.15, 0.2) is 73.3 Å². The summed E-state index contributed by atoms with van der Waals surface area (Å²) in [7, 11) is -3.58. The van der Waals surface area contributed by atoms with Crippen LogP contribution in [0.2, 0.25) is 5.04 Å². The first-order valence-electron chi connectivity index (χ1n) is 12.0. The summed E-state index contributed by atoms with van der Waals surface area (Å²) in [4.78, 5) is 0. The highest BCUT2D eigenvalue weighted by Gasteiger charge is 2.51. The molecule has 1 fully saturated rings. The molecule has 0 unspecified atom stereocenters. The van der Waals surface area contributed by atoms with E-state index in [0.717, 1.165) is 19.4 Å². The van der Waals surface area contributed by atoms with E-state index in [1.54, 1.807) is 0 Å². The van der Waals surface area contributed by atoms with Crippen LogP contribution in [-0.4, -0.2) is 29.9 Å². The maximum Gasteiger partial charge on any atom is 0.261 e. The summed E-state index contributed by atoms with van der Waals surface area (Å²) in [5.41, 5.74) is 0.